The number of likely N-dealkylation sites (tertiary alicyclic amines) is 2. The van der Waals surface area contributed by atoms with Crippen LogP contribution < -0.4 is 0 Å². The Labute approximate surface area is 158 Å². The SMILES string of the molecule is Cc1cccc(CC(=O)N2CC3CN(C(=O)c4ccco4)CC3(CO)C2)c1. The molecule has 1 aromatic carbocycles. The molecule has 142 valence electrons. The summed E-state index contributed by atoms with van der Waals surface area (Å²) in [5.74, 6) is 0.324. The molecule has 0 spiro atoms. The van der Waals surface area contributed by atoms with Gasteiger partial charge in [0.15, 0.2) is 5.76 Å². The van der Waals surface area contributed by atoms with Crippen LogP contribution in [0.4, 0.5) is 0 Å². The van der Waals surface area contributed by atoms with E-state index in [0.717, 1.165) is 11.1 Å². The molecule has 2 aromatic rings. The lowest BCUT2D eigenvalue weighted by molar-refractivity contribution is -0.130. The van der Waals surface area contributed by atoms with Crippen molar-refractivity contribution in [2.24, 2.45) is 11.3 Å². The predicted molar refractivity (Wildman–Crippen MR) is 99.1 cm³/mol. The van der Waals surface area contributed by atoms with Gasteiger partial charge >= 0.3 is 0 Å². The summed E-state index contributed by atoms with van der Waals surface area (Å²) < 4.78 is 5.21. The first-order valence-electron chi connectivity index (χ1n) is 9.28. The van der Waals surface area contributed by atoms with Crippen molar-refractivity contribution in [2.45, 2.75) is 13.3 Å². The van der Waals surface area contributed by atoms with E-state index in [1.54, 1.807) is 17.0 Å². The van der Waals surface area contributed by atoms with Crippen molar-refractivity contribution in [3.63, 3.8) is 0 Å². The molecule has 0 bridgehead atoms. The summed E-state index contributed by atoms with van der Waals surface area (Å²) in [6.07, 6.45) is 1.85. The summed E-state index contributed by atoms with van der Waals surface area (Å²) in [5.41, 5.74) is 1.70. The van der Waals surface area contributed by atoms with Crippen molar-refractivity contribution in [1.29, 1.82) is 0 Å². The van der Waals surface area contributed by atoms with Crippen molar-refractivity contribution in [2.75, 3.05) is 32.8 Å². The van der Waals surface area contributed by atoms with Gasteiger partial charge in [-0.05, 0) is 24.6 Å². The van der Waals surface area contributed by atoms with E-state index in [0.29, 0.717) is 38.4 Å². The van der Waals surface area contributed by atoms with Gasteiger partial charge in [0.2, 0.25) is 5.91 Å². The van der Waals surface area contributed by atoms with Crippen molar-refractivity contribution < 1.29 is 19.1 Å². The van der Waals surface area contributed by atoms with Crippen LogP contribution in [-0.4, -0.2) is 59.5 Å². The second-order valence-corrected chi connectivity index (χ2v) is 7.82. The second kappa shape index (κ2) is 6.85. The Morgan fingerprint density at radius 1 is 1.19 bits per heavy atom. The van der Waals surface area contributed by atoms with Crippen molar-refractivity contribution in [3.8, 4) is 0 Å². The van der Waals surface area contributed by atoms with E-state index in [-0.39, 0.29) is 24.3 Å². The van der Waals surface area contributed by atoms with Crippen molar-refractivity contribution in [1.82, 2.24) is 9.80 Å². The van der Waals surface area contributed by atoms with Crippen LogP contribution in [0.5, 0.6) is 0 Å². The van der Waals surface area contributed by atoms with Gasteiger partial charge in [0, 0.05) is 37.5 Å². The second-order valence-electron chi connectivity index (χ2n) is 7.82. The quantitative estimate of drug-likeness (QED) is 0.892. The molecule has 2 atom stereocenters. The molecule has 2 saturated heterocycles. The molecule has 1 N–H and O–H groups in total. The molecule has 2 aliphatic heterocycles. The van der Waals surface area contributed by atoms with Gasteiger partial charge in [-0.3, -0.25) is 9.59 Å². The Hall–Kier alpha value is -2.60. The molecule has 3 heterocycles. The van der Waals surface area contributed by atoms with Gasteiger partial charge in [-0.15, -0.1) is 0 Å². The average molecular weight is 368 g/mol. The van der Waals surface area contributed by atoms with E-state index in [1.807, 2.05) is 36.1 Å². The number of hydrogen-bond donors (Lipinski definition) is 1. The molecule has 0 radical (unpaired) electrons. The lowest BCUT2D eigenvalue weighted by Gasteiger charge is -2.27. The highest BCUT2D eigenvalue weighted by Crippen LogP contribution is 2.42. The van der Waals surface area contributed by atoms with E-state index in [4.69, 9.17) is 4.42 Å². The number of furan rings is 1. The number of benzene rings is 1. The number of nitrogens with zero attached hydrogens (tertiary/aromatic N) is 2. The van der Waals surface area contributed by atoms with E-state index in [2.05, 4.69) is 0 Å². The molecule has 27 heavy (non-hydrogen) atoms. The molecule has 2 unspecified atom stereocenters. The lowest BCUT2D eigenvalue weighted by Crippen LogP contribution is -2.40. The fourth-order valence-electron chi connectivity index (χ4n) is 4.41. The largest absolute Gasteiger partial charge is 0.459 e. The van der Waals surface area contributed by atoms with Crippen LogP contribution in [0.2, 0.25) is 0 Å². The molecule has 6 nitrogen and oxygen atoms in total. The number of amides is 2. The summed E-state index contributed by atoms with van der Waals surface area (Å²) in [6, 6.07) is 11.3. The standard InChI is InChI=1S/C21H24N2O4/c1-15-4-2-5-16(8-15)9-19(25)22-10-17-11-23(13-21(17,12-22)14-24)20(26)18-6-3-7-27-18/h2-8,17,24H,9-14H2,1H3. The first kappa shape index (κ1) is 17.8. The lowest BCUT2D eigenvalue weighted by atomic mass is 9.82. The average Bonchev–Trinajstić information content (AvgIpc) is 3.35. The predicted octanol–water partition coefficient (Wildman–Crippen LogP) is 1.72. The summed E-state index contributed by atoms with van der Waals surface area (Å²) in [5, 5.41) is 10.1. The van der Waals surface area contributed by atoms with Crippen LogP contribution >= 0.6 is 0 Å². The Balaban J connectivity index is 1.43. The number of hydrogen-bond acceptors (Lipinski definition) is 4. The van der Waals surface area contributed by atoms with E-state index in [9.17, 15) is 14.7 Å². The zero-order valence-electron chi connectivity index (χ0n) is 15.4. The topological polar surface area (TPSA) is 74.0 Å². The zero-order chi connectivity index (χ0) is 19.0. The van der Waals surface area contributed by atoms with E-state index in [1.165, 1.54) is 6.26 Å². The Morgan fingerprint density at radius 2 is 1.96 bits per heavy atom. The highest BCUT2D eigenvalue weighted by atomic mass is 16.3. The molecule has 2 fully saturated rings. The van der Waals surface area contributed by atoms with Crippen molar-refractivity contribution in [3.05, 3.63) is 59.5 Å². The summed E-state index contributed by atoms with van der Waals surface area (Å²) >= 11 is 0. The van der Waals surface area contributed by atoms with Gasteiger partial charge in [0.25, 0.3) is 5.91 Å². The maximum absolute atomic E-state index is 12.8. The van der Waals surface area contributed by atoms with Gasteiger partial charge in [0.05, 0.1) is 19.3 Å². The molecular weight excluding hydrogens is 344 g/mol. The Kier molecular flexibility index (Phi) is 4.52. The third kappa shape index (κ3) is 3.25. The minimum absolute atomic E-state index is 0.0339. The third-order valence-electron chi connectivity index (χ3n) is 5.88. The van der Waals surface area contributed by atoms with Crippen LogP contribution in [0.1, 0.15) is 21.7 Å². The third-order valence-corrected chi connectivity index (χ3v) is 5.88. The maximum atomic E-state index is 12.8. The van der Waals surface area contributed by atoms with Gasteiger partial charge < -0.3 is 19.3 Å². The van der Waals surface area contributed by atoms with Crippen LogP contribution in [0.15, 0.2) is 47.1 Å². The summed E-state index contributed by atoms with van der Waals surface area (Å²) in [7, 11) is 0. The number of aliphatic hydroxyl groups is 1. The van der Waals surface area contributed by atoms with E-state index >= 15 is 0 Å². The fourth-order valence-corrected chi connectivity index (χ4v) is 4.41. The van der Waals surface area contributed by atoms with Crippen LogP contribution in [0, 0.1) is 18.3 Å². The highest BCUT2D eigenvalue weighted by molar-refractivity contribution is 5.91. The van der Waals surface area contributed by atoms with Crippen LogP contribution in [-0.2, 0) is 11.2 Å². The molecule has 0 aliphatic carbocycles. The van der Waals surface area contributed by atoms with Crippen LogP contribution in [0.3, 0.4) is 0 Å². The number of aliphatic hydroxyl groups excluding tert-OH is 1. The van der Waals surface area contributed by atoms with Crippen molar-refractivity contribution >= 4 is 11.8 Å². The fraction of sp³-hybridized carbons (Fsp3) is 0.429. The first-order valence-corrected chi connectivity index (χ1v) is 9.28. The molecular formula is C21H24N2O4. The zero-order valence-corrected chi connectivity index (χ0v) is 15.4. The number of fused-ring (bicyclic) bond motifs is 1. The minimum atomic E-state index is -0.440. The maximum Gasteiger partial charge on any atom is 0.289 e. The number of carbonyl (C=O) groups excluding carboxylic acids is 2. The summed E-state index contributed by atoms with van der Waals surface area (Å²) in [4.78, 5) is 28.9. The van der Waals surface area contributed by atoms with E-state index < -0.39 is 5.41 Å². The van der Waals surface area contributed by atoms with Gasteiger partial charge in [-0.1, -0.05) is 29.8 Å². The molecule has 2 aliphatic rings. The smallest absolute Gasteiger partial charge is 0.289 e. The number of aryl methyl sites for hydroxylation is 1. The Bertz CT molecular complexity index is 848. The Morgan fingerprint density at radius 3 is 2.63 bits per heavy atom. The van der Waals surface area contributed by atoms with Crippen LogP contribution in [0.25, 0.3) is 0 Å². The first-order chi connectivity index (χ1) is 13.0. The normalized spacial score (nSPS) is 24.3. The minimum Gasteiger partial charge on any atom is -0.459 e. The van der Waals surface area contributed by atoms with Gasteiger partial charge in [0.1, 0.15) is 0 Å². The molecule has 1 aromatic heterocycles. The molecule has 0 saturated carbocycles. The molecule has 6 heteroatoms. The number of carbonyl (C=O) groups is 2. The molecule has 2 amide bonds. The van der Waals surface area contributed by atoms with Gasteiger partial charge in [-0.25, -0.2) is 0 Å². The van der Waals surface area contributed by atoms with Gasteiger partial charge in [-0.2, -0.15) is 0 Å². The monoisotopic (exact) mass is 368 g/mol. The highest BCUT2D eigenvalue weighted by Gasteiger charge is 2.54. The summed E-state index contributed by atoms with van der Waals surface area (Å²) in [6.45, 7) is 4.03. The number of rotatable bonds is 4. The molecule has 4 rings (SSSR count).